The molecule has 1 aliphatic rings. The van der Waals surface area contributed by atoms with Crippen molar-refractivity contribution < 1.29 is 10.2 Å². The highest BCUT2D eigenvalue weighted by Crippen LogP contribution is 2.40. The van der Waals surface area contributed by atoms with E-state index < -0.39 is 5.79 Å². The molecular weight excluding hydrogens is 288 g/mol. The maximum absolute atomic E-state index is 9.37. The Morgan fingerprint density at radius 1 is 0.833 bits per heavy atom. The molecule has 0 aromatic heterocycles. The van der Waals surface area contributed by atoms with Crippen LogP contribution in [0.25, 0.3) is 0 Å². The Morgan fingerprint density at radius 2 is 1.25 bits per heavy atom. The Hall–Kier alpha value is 0.880. The lowest BCUT2D eigenvalue weighted by atomic mass is 9.96. The van der Waals surface area contributed by atoms with Crippen LogP contribution in [-0.2, 0) is 0 Å². The molecule has 0 atom stereocenters. The first-order valence-electron chi connectivity index (χ1n) is 4.24. The van der Waals surface area contributed by atoms with Crippen LogP contribution in [0.2, 0.25) is 0 Å². The Bertz CT molecular complexity index is 127. The Kier molecular flexibility index (Phi) is 3.60. The molecule has 1 saturated carbocycles. The molecule has 0 bridgehead atoms. The summed E-state index contributed by atoms with van der Waals surface area (Å²) in [6.07, 6.45) is 4.51. The third kappa shape index (κ3) is 3.73. The Balaban J connectivity index is 2.45. The predicted molar refractivity (Wildman–Crippen MR) is 55.5 cm³/mol. The molecule has 72 valence electrons. The number of rotatable bonds is 0. The highest BCUT2D eigenvalue weighted by molar-refractivity contribution is 9.25. The maximum atomic E-state index is 9.37. The fourth-order valence-corrected chi connectivity index (χ4v) is 2.63. The van der Waals surface area contributed by atoms with Crippen molar-refractivity contribution in [3.63, 3.8) is 0 Å². The van der Waals surface area contributed by atoms with Crippen LogP contribution >= 0.6 is 31.9 Å². The Morgan fingerprint density at radius 3 is 1.67 bits per heavy atom. The van der Waals surface area contributed by atoms with Crippen LogP contribution in [0.4, 0.5) is 0 Å². The van der Waals surface area contributed by atoms with Crippen LogP contribution in [0.1, 0.15) is 38.5 Å². The number of hydrogen-bond acceptors (Lipinski definition) is 2. The van der Waals surface area contributed by atoms with Crippen LogP contribution in [0.5, 0.6) is 0 Å². The average molecular weight is 302 g/mol. The minimum atomic E-state index is -1.42. The quantitative estimate of drug-likeness (QED) is 0.533. The number of halogens is 2. The van der Waals surface area contributed by atoms with Crippen LogP contribution in [0, 0.1) is 0 Å². The van der Waals surface area contributed by atoms with E-state index in [1.807, 2.05) is 0 Å². The van der Waals surface area contributed by atoms with E-state index in [0.717, 1.165) is 25.7 Å². The normalized spacial score (nSPS) is 29.0. The first kappa shape index (κ1) is 11.0. The van der Waals surface area contributed by atoms with Gasteiger partial charge in [0.15, 0.2) is 5.79 Å². The molecule has 4 heteroatoms. The van der Waals surface area contributed by atoms with Gasteiger partial charge >= 0.3 is 0 Å². The van der Waals surface area contributed by atoms with Gasteiger partial charge in [-0.15, -0.1) is 0 Å². The standard InChI is InChI=1S/C8H14Br2O2/c9-7(10)3-1-5-8(11,12)6-2-4-7/h11-12H,1-6H2. The molecule has 2 N–H and O–H groups in total. The van der Waals surface area contributed by atoms with Gasteiger partial charge in [-0.1, -0.05) is 31.9 Å². The second-order valence-corrected chi connectivity index (χ2v) is 7.65. The van der Waals surface area contributed by atoms with E-state index >= 15 is 0 Å². The lowest BCUT2D eigenvalue weighted by Gasteiger charge is -2.29. The van der Waals surface area contributed by atoms with Crippen LogP contribution < -0.4 is 0 Å². The van der Waals surface area contributed by atoms with Crippen LogP contribution in [-0.4, -0.2) is 19.2 Å². The minimum absolute atomic E-state index is 0.0243. The molecule has 1 aliphatic carbocycles. The average Bonchev–Trinajstić information content (AvgIpc) is 1.82. The number of alkyl halides is 2. The van der Waals surface area contributed by atoms with E-state index in [1.54, 1.807) is 0 Å². The topological polar surface area (TPSA) is 40.5 Å². The van der Waals surface area contributed by atoms with Crippen molar-refractivity contribution in [3.8, 4) is 0 Å². The molecule has 12 heavy (non-hydrogen) atoms. The molecular formula is C8H14Br2O2. The van der Waals surface area contributed by atoms with Crippen molar-refractivity contribution in [2.24, 2.45) is 0 Å². The summed E-state index contributed by atoms with van der Waals surface area (Å²) < 4.78 is 0.0243. The smallest absolute Gasteiger partial charge is 0.162 e. The van der Waals surface area contributed by atoms with E-state index in [9.17, 15) is 10.2 Å². The van der Waals surface area contributed by atoms with E-state index in [4.69, 9.17) is 0 Å². The third-order valence-corrected chi connectivity index (χ3v) is 3.83. The van der Waals surface area contributed by atoms with Crippen LogP contribution in [0.3, 0.4) is 0 Å². The van der Waals surface area contributed by atoms with E-state index in [1.165, 1.54) is 0 Å². The zero-order valence-electron chi connectivity index (χ0n) is 6.89. The summed E-state index contributed by atoms with van der Waals surface area (Å²) in [4.78, 5) is 0. The SMILES string of the molecule is OC1(O)CCCC(Br)(Br)CCC1. The highest BCUT2D eigenvalue weighted by atomic mass is 79.9. The molecule has 1 fully saturated rings. The summed E-state index contributed by atoms with van der Waals surface area (Å²) in [5, 5.41) is 18.7. The van der Waals surface area contributed by atoms with Gasteiger partial charge in [0.05, 0.1) is 3.23 Å². The molecule has 0 amide bonds. The summed E-state index contributed by atoms with van der Waals surface area (Å²) in [5.74, 6) is -1.42. The molecule has 0 aromatic rings. The van der Waals surface area contributed by atoms with Gasteiger partial charge in [-0.3, -0.25) is 0 Å². The van der Waals surface area contributed by atoms with Gasteiger partial charge in [0.25, 0.3) is 0 Å². The van der Waals surface area contributed by atoms with E-state index in [-0.39, 0.29) is 3.23 Å². The molecule has 0 aromatic carbocycles. The van der Waals surface area contributed by atoms with Gasteiger partial charge < -0.3 is 10.2 Å². The Labute approximate surface area is 89.6 Å². The minimum Gasteiger partial charge on any atom is -0.366 e. The van der Waals surface area contributed by atoms with Gasteiger partial charge in [-0.05, 0) is 25.7 Å². The van der Waals surface area contributed by atoms with Gasteiger partial charge in [-0.2, -0.15) is 0 Å². The van der Waals surface area contributed by atoms with Crippen LogP contribution in [0.15, 0.2) is 0 Å². The second-order valence-electron chi connectivity index (χ2n) is 3.55. The summed E-state index contributed by atoms with van der Waals surface area (Å²) >= 11 is 7.14. The number of hydrogen-bond donors (Lipinski definition) is 2. The second kappa shape index (κ2) is 3.95. The first-order chi connectivity index (χ1) is 5.41. The third-order valence-electron chi connectivity index (χ3n) is 2.24. The zero-order valence-corrected chi connectivity index (χ0v) is 10.1. The van der Waals surface area contributed by atoms with Gasteiger partial charge in [0.2, 0.25) is 0 Å². The molecule has 0 saturated heterocycles. The van der Waals surface area contributed by atoms with Crippen molar-refractivity contribution in [1.29, 1.82) is 0 Å². The first-order valence-corrected chi connectivity index (χ1v) is 5.83. The lowest BCUT2D eigenvalue weighted by Crippen LogP contribution is -2.31. The fourth-order valence-electron chi connectivity index (χ4n) is 1.51. The summed E-state index contributed by atoms with van der Waals surface area (Å²) in [6.45, 7) is 0. The van der Waals surface area contributed by atoms with Crippen molar-refractivity contribution in [2.75, 3.05) is 0 Å². The van der Waals surface area contributed by atoms with Gasteiger partial charge in [0.1, 0.15) is 0 Å². The van der Waals surface area contributed by atoms with E-state index in [0.29, 0.717) is 12.8 Å². The van der Waals surface area contributed by atoms with E-state index in [2.05, 4.69) is 31.9 Å². The zero-order chi connectivity index (χ0) is 9.24. The van der Waals surface area contributed by atoms with Crippen molar-refractivity contribution in [2.45, 2.75) is 47.5 Å². The van der Waals surface area contributed by atoms with Gasteiger partial charge in [0, 0.05) is 12.8 Å². The summed E-state index contributed by atoms with van der Waals surface area (Å²) in [6, 6.07) is 0. The van der Waals surface area contributed by atoms with Crippen molar-refractivity contribution >= 4 is 31.9 Å². The molecule has 2 nitrogen and oxygen atoms in total. The molecule has 0 spiro atoms. The molecule has 0 radical (unpaired) electrons. The van der Waals surface area contributed by atoms with Crippen molar-refractivity contribution in [1.82, 2.24) is 0 Å². The highest BCUT2D eigenvalue weighted by Gasteiger charge is 2.30. The summed E-state index contributed by atoms with van der Waals surface area (Å²) in [5.41, 5.74) is 0. The molecule has 1 rings (SSSR count). The maximum Gasteiger partial charge on any atom is 0.162 e. The molecule has 0 aliphatic heterocycles. The van der Waals surface area contributed by atoms with Gasteiger partial charge in [-0.25, -0.2) is 0 Å². The monoisotopic (exact) mass is 300 g/mol. The fraction of sp³-hybridized carbons (Fsp3) is 1.00. The molecule has 0 heterocycles. The van der Waals surface area contributed by atoms with Crippen molar-refractivity contribution in [3.05, 3.63) is 0 Å². The number of aliphatic hydroxyl groups is 2. The predicted octanol–water partition coefficient (Wildman–Crippen LogP) is 2.51. The molecule has 0 unspecified atom stereocenters. The summed E-state index contributed by atoms with van der Waals surface area (Å²) in [7, 11) is 0. The largest absolute Gasteiger partial charge is 0.366 e. The lowest BCUT2D eigenvalue weighted by molar-refractivity contribution is -0.173.